The lowest BCUT2D eigenvalue weighted by Gasteiger charge is -2.18. The van der Waals surface area contributed by atoms with Crippen molar-refractivity contribution in [1.82, 2.24) is 4.90 Å². The summed E-state index contributed by atoms with van der Waals surface area (Å²) in [5, 5.41) is 9.30. The summed E-state index contributed by atoms with van der Waals surface area (Å²) in [7, 11) is 2.61. The fourth-order valence-electron chi connectivity index (χ4n) is 2.07. The van der Waals surface area contributed by atoms with Crippen molar-refractivity contribution in [3.05, 3.63) is 26.2 Å². The molecule has 0 aromatic heterocycles. The van der Waals surface area contributed by atoms with Crippen molar-refractivity contribution >= 4 is 57.5 Å². The smallest absolute Gasteiger partial charge is 0.328 e. The molecule has 1 N–H and O–H groups in total. The predicted molar refractivity (Wildman–Crippen MR) is 96.7 cm³/mol. The summed E-state index contributed by atoms with van der Waals surface area (Å²) in [5.41, 5.74) is 0.588. The van der Waals surface area contributed by atoms with Gasteiger partial charge in [-0.15, -0.1) is 0 Å². The lowest BCUT2D eigenvalue weighted by atomic mass is 10.2. The van der Waals surface area contributed by atoms with Gasteiger partial charge in [-0.3, -0.25) is 14.5 Å². The van der Waals surface area contributed by atoms with Gasteiger partial charge in [0, 0.05) is 0 Å². The Kier molecular flexibility index (Phi) is 5.75. The van der Waals surface area contributed by atoms with E-state index in [1.54, 1.807) is 12.1 Å². The van der Waals surface area contributed by atoms with Gasteiger partial charge in [-0.25, -0.2) is 4.79 Å². The Balaban J connectivity index is 2.36. The second-order valence-corrected chi connectivity index (χ2v) is 6.96. The van der Waals surface area contributed by atoms with Crippen LogP contribution in [0.25, 0.3) is 6.08 Å². The van der Waals surface area contributed by atoms with Gasteiger partial charge in [0.1, 0.15) is 6.04 Å². The van der Waals surface area contributed by atoms with Crippen molar-refractivity contribution in [2.75, 3.05) is 14.2 Å². The molecule has 0 aliphatic carbocycles. The number of thioether (sulfide) groups is 1. The highest BCUT2D eigenvalue weighted by molar-refractivity contribution is 14.1. The number of rotatable bonds is 4. The second kappa shape index (κ2) is 7.43. The predicted octanol–water partition coefficient (Wildman–Crippen LogP) is 2.60. The normalized spacial score (nSPS) is 17.3. The minimum absolute atomic E-state index is 0.00247. The Bertz CT molecular complexity index is 748. The highest BCUT2D eigenvalue weighted by Crippen LogP contribution is 2.37. The molecule has 1 saturated heterocycles. The molecular formula is C15H14INO6S. The van der Waals surface area contributed by atoms with Crippen molar-refractivity contribution in [3.8, 4) is 11.5 Å². The van der Waals surface area contributed by atoms with E-state index in [0.29, 0.717) is 9.13 Å². The zero-order chi connectivity index (χ0) is 18.0. The van der Waals surface area contributed by atoms with E-state index in [4.69, 9.17) is 4.74 Å². The van der Waals surface area contributed by atoms with Crippen LogP contribution < -0.4 is 4.74 Å². The van der Waals surface area contributed by atoms with E-state index >= 15 is 0 Å². The number of phenolic OH excluding ortho intramolecular Hbond substituents is 1. The van der Waals surface area contributed by atoms with Crippen LogP contribution in [0.15, 0.2) is 17.0 Å². The summed E-state index contributed by atoms with van der Waals surface area (Å²) in [6.07, 6.45) is 1.51. The van der Waals surface area contributed by atoms with Crippen LogP contribution in [0.3, 0.4) is 0 Å². The van der Waals surface area contributed by atoms with Gasteiger partial charge in [-0.05, 0) is 65.0 Å². The number of carbonyl (C=O) groups is 3. The molecule has 1 aliphatic rings. The van der Waals surface area contributed by atoms with Crippen LogP contribution in [0.4, 0.5) is 4.79 Å². The maximum Gasteiger partial charge on any atom is 0.328 e. The van der Waals surface area contributed by atoms with Crippen LogP contribution in [-0.2, 0) is 14.3 Å². The Morgan fingerprint density at radius 2 is 2.04 bits per heavy atom. The van der Waals surface area contributed by atoms with Crippen LogP contribution in [-0.4, -0.2) is 47.4 Å². The molecule has 128 valence electrons. The summed E-state index contributed by atoms with van der Waals surface area (Å²) in [6.45, 7) is 1.43. The highest BCUT2D eigenvalue weighted by Gasteiger charge is 2.41. The number of amides is 2. The molecule has 7 nitrogen and oxygen atoms in total. The number of halogens is 1. The van der Waals surface area contributed by atoms with Gasteiger partial charge in [0.05, 0.1) is 22.7 Å². The number of aromatic hydroxyl groups is 1. The number of phenols is 1. The first kappa shape index (κ1) is 18.6. The third-order valence-electron chi connectivity index (χ3n) is 3.32. The van der Waals surface area contributed by atoms with E-state index in [-0.39, 0.29) is 16.4 Å². The SMILES string of the molecule is COC(=O)[C@H](C)N1C(=O)S/C(=C\c2cc(I)c(O)c(OC)c2)C1=O. The van der Waals surface area contributed by atoms with Crippen molar-refractivity contribution in [2.45, 2.75) is 13.0 Å². The first-order valence-electron chi connectivity index (χ1n) is 6.71. The van der Waals surface area contributed by atoms with E-state index in [9.17, 15) is 19.5 Å². The number of ether oxygens (including phenoxy) is 2. The molecule has 1 heterocycles. The Morgan fingerprint density at radius 3 is 2.62 bits per heavy atom. The molecule has 0 bridgehead atoms. The van der Waals surface area contributed by atoms with E-state index in [1.165, 1.54) is 27.2 Å². The number of nitrogens with zero attached hydrogens (tertiary/aromatic N) is 1. The summed E-state index contributed by atoms with van der Waals surface area (Å²) < 4.78 is 10.2. The molecule has 2 amide bonds. The summed E-state index contributed by atoms with van der Waals surface area (Å²) in [4.78, 5) is 37.1. The number of benzene rings is 1. The molecule has 9 heteroatoms. The number of esters is 1. The van der Waals surface area contributed by atoms with Crippen molar-refractivity contribution in [1.29, 1.82) is 0 Å². The maximum absolute atomic E-state index is 12.4. The van der Waals surface area contributed by atoms with Gasteiger partial charge in [0.25, 0.3) is 11.1 Å². The molecular weight excluding hydrogens is 449 g/mol. The molecule has 1 aliphatic heterocycles. The number of imide groups is 1. The molecule has 1 fully saturated rings. The summed E-state index contributed by atoms with van der Waals surface area (Å²) in [5.74, 6) is -0.970. The van der Waals surface area contributed by atoms with Gasteiger partial charge in [-0.2, -0.15) is 0 Å². The molecule has 24 heavy (non-hydrogen) atoms. The first-order valence-corrected chi connectivity index (χ1v) is 8.61. The average molecular weight is 463 g/mol. The third kappa shape index (κ3) is 3.51. The van der Waals surface area contributed by atoms with Crippen LogP contribution in [0.1, 0.15) is 12.5 Å². The molecule has 1 aromatic carbocycles. The van der Waals surface area contributed by atoms with E-state index in [1.807, 2.05) is 22.6 Å². The van der Waals surface area contributed by atoms with Crippen LogP contribution >= 0.6 is 34.4 Å². The Hall–Kier alpha value is -1.75. The number of carbonyl (C=O) groups excluding carboxylic acids is 3. The van der Waals surface area contributed by atoms with Crippen LogP contribution in [0, 0.1) is 3.57 Å². The average Bonchev–Trinajstić information content (AvgIpc) is 2.83. The number of methoxy groups -OCH3 is 2. The molecule has 1 aromatic rings. The largest absolute Gasteiger partial charge is 0.504 e. The Labute approximate surface area is 156 Å². The third-order valence-corrected chi connectivity index (χ3v) is 5.03. The van der Waals surface area contributed by atoms with Crippen LogP contribution in [0.2, 0.25) is 0 Å². The molecule has 1 atom stereocenters. The molecule has 0 spiro atoms. The zero-order valence-corrected chi connectivity index (χ0v) is 16.0. The lowest BCUT2D eigenvalue weighted by Crippen LogP contribution is -2.42. The van der Waals surface area contributed by atoms with Gasteiger partial charge < -0.3 is 14.6 Å². The Morgan fingerprint density at radius 1 is 1.38 bits per heavy atom. The topological polar surface area (TPSA) is 93.1 Å². The van der Waals surface area contributed by atoms with Gasteiger partial charge >= 0.3 is 5.97 Å². The minimum Gasteiger partial charge on any atom is -0.504 e. The zero-order valence-electron chi connectivity index (χ0n) is 13.0. The lowest BCUT2D eigenvalue weighted by molar-refractivity contribution is -0.148. The van der Waals surface area contributed by atoms with Crippen molar-refractivity contribution in [3.63, 3.8) is 0 Å². The van der Waals surface area contributed by atoms with Gasteiger partial charge in [0.2, 0.25) is 0 Å². The molecule has 0 radical (unpaired) electrons. The molecule has 0 unspecified atom stereocenters. The van der Waals surface area contributed by atoms with Crippen LogP contribution in [0.5, 0.6) is 11.5 Å². The minimum atomic E-state index is -0.997. The second-order valence-electron chi connectivity index (χ2n) is 4.80. The quantitative estimate of drug-likeness (QED) is 0.417. The van der Waals surface area contributed by atoms with Gasteiger partial charge in [0.15, 0.2) is 11.5 Å². The monoisotopic (exact) mass is 463 g/mol. The van der Waals surface area contributed by atoms with Gasteiger partial charge in [-0.1, -0.05) is 0 Å². The van der Waals surface area contributed by atoms with Crippen molar-refractivity contribution < 1.29 is 29.0 Å². The fourth-order valence-corrected chi connectivity index (χ4v) is 3.61. The van der Waals surface area contributed by atoms with Crippen molar-refractivity contribution in [2.24, 2.45) is 0 Å². The fraction of sp³-hybridized carbons (Fsp3) is 0.267. The standard InChI is InChI=1S/C15H14INO6S/c1-7(14(20)23-3)17-13(19)11(24-15(17)21)6-8-4-9(16)12(18)10(5-8)22-2/h4-7,18H,1-3H3/b11-6-/t7-/m0/s1. The number of hydrogen-bond acceptors (Lipinski definition) is 7. The summed E-state index contributed by atoms with van der Waals surface area (Å²) >= 11 is 2.67. The maximum atomic E-state index is 12.4. The number of hydrogen-bond donors (Lipinski definition) is 1. The molecule has 0 saturated carbocycles. The van der Waals surface area contributed by atoms with E-state index in [2.05, 4.69) is 4.74 Å². The molecule has 2 rings (SSSR count). The van der Waals surface area contributed by atoms with E-state index < -0.39 is 23.2 Å². The van der Waals surface area contributed by atoms with E-state index in [0.717, 1.165) is 16.7 Å². The highest BCUT2D eigenvalue weighted by atomic mass is 127. The summed E-state index contributed by atoms with van der Waals surface area (Å²) in [6, 6.07) is 2.20. The first-order chi connectivity index (χ1) is 11.3.